The van der Waals surface area contributed by atoms with E-state index >= 15 is 0 Å². The molecule has 3 aromatic rings. The molecule has 1 aromatic carbocycles. The third-order valence-electron chi connectivity index (χ3n) is 4.75. The molecule has 2 aromatic heterocycles. The molecule has 0 saturated heterocycles. The number of carbonyl (C=O) groups is 1. The van der Waals surface area contributed by atoms with Crippen molar-refractivity contribution < 1.29 is 9.18 Å². The number of nitrogens with zero attached hydrogens (tertiary/aromatic N) is 4. The largest absolute Gasteiger partial charge is 0.334 e. The summed E-state index contributed by atoms with van der Waals surface area (Å²) in [7, 11) is 0. The predicted octanol–water partition coefficient (Wildman–Crippen LogP) is 4.01. The highest BCUT2D eigenvalue weighted by Crippen LogP contribution is 2.20. The van der Waals surface area contributed by atoms with Crippen molar-refractivity contribution in [2.75, 3.05) is 6.54 Å². The molecule has 3 rings (SSSR count). The van der Waals surface area contributed by atoms with Gasteiger partial charge in [-0.25, -0.2) is 19.2 Å². The smallest absolute Gasteiger partial charge is 0.318 e. The van der Waals surface area contributed by atoms with E-state index in [2.05, 4.69) is 15.3 Å². The van der Waals surface area contributed by atoms with E-state index in [9.17, 15) is 9.18 Å². The fourth-order valence-electron chi connectivity index (χ4n) is 3.08. The van der Waals surface area contributed by atoms with E-state index in [4.69, 9.17) is 0 Å². The van der Waals surface area contributed by atoms with E-state index in [1.165, 1.54) is 12.1 Å². The maximum Gasteiger partial charge on any atom is 0.318 e. The van der Waals surface area contributed by atoms with Gasteiger partial charge in [0.15, 0.2) is 0 Å². The third kappa shape index (κ3) is 4.36. The van der Waals surface area contributed by atoms with Gasteiger partial charge in [-0.2, -0.15) is 0 Å². The number of nitrogens with one attached hydrogen (secondary N) is 1. The molecule has 6 nitrogen and oxygen atoms in total. The van der Waals surface area contributed by atoms with Gasteiger partial charge in [-0.3, -0.25) is 4.57 Å². The third-order valence-corrected chi connectivity index (χ3v) is 4.75. The van der Waals surface area contributed by atoms with Gasteiger partial charge >= 0.3 is 6.03 Å². The summed E-state index contributed by atoms with van der Waals surface area (Å²) < 4.78 is 15.0. The quantitative estimate of drug-likeness (QED) is 0.702. The number of aromatic nitrogens is 3. The molecule has 1 unspecified atom stereocenters. The van der Waals surface area contributed by atoms with Gasteiger partial charge in [0.05, 0.1) is 6.04 Å². The van der Waals surface area contributed by atoms with Crippen LogP contribution >= 0.6 is 0 Å². The lowest BCUT2D eigenvalue weighted by molar-refractivity contribution is 0.182. The summed E-state index contributed by atoms with van der Waals surface area (Å²) in [6.07, 6.45) is 5.33. The first kappa shape index (κ1) is 19.5. The predicted molar refractivity (Wildman–Crippen MR) is 106 cm³/mol. The van der Waals surface area contributed by atoms with Gasteiger partial charge in [0.25, 0.3) is 0 Å². The number of imidazole rings is 1. The molecule has 0 fully saturated rings. The van der Waals surface area contributed by atoms with Gasteiger partial charge < -0.3 is 10.2 Å². The molecule has 146 valence electrons. The van der Waals surface area contributed by atoms with Crippen LogP contribution in [0.2, 0.25) is 0 Å². The minimum Gasteiger partial charge on any atom is -0.334 e. The molecule has 0 bridgehead atoms. The summed E-state index contributed by atoms with van der Waals surface area (Å²) in [5, 5.41) is 2.93. The number of hydrogen-bond donors (Lipinski definition) is 1. The zero-order chi connectivity index (χ0) is 20.1. The highest BCUT2D eigenvalue weighted by molar-refractivity contribution is 5.74. The summed E-state index contributed by atoms with van der Waals surface area (Å²) in [6, 6.07) is 9.73. The van der Waals surface area contributed by atoms with Crippen molar-refractivity contribution in [3.63, 3.8) is 0 Å². The van der Waals surface area contributed by atoms with Gasteiger partial charge in [0, 0.05) is 31.7 Å². The first-order chi connectivity index (χ1) is 13.5. The average Bonchev–Trinajstić information content (AvgIpc) is 3.13. The lowest BCUT2D eigenvalue weighted by Crippen LogP contribution is -2.41. The molecule has 28 heavy (non-hydrogen) atoms. The number of aryl methyl sites for hydroxylation is 1. The Morgan fingerprint density at radius 3 is 2.54 bits per heavy atom. The molecule has 2 amide bonds. The van der Waals surface area contributed by atoms with E-state index in [1.807, 2.05) is 43.7 Å². The molecule has 0 radical (unpaired) electrons. The number of hydrogen-bond acceptors (Lipinski definition) is 3. The minimum atomic E-state index is -0.287. The van der Waals surface area contributed by atoms with Crippen LogP contribution in [0.1, 0.15) is 36.8 Å². The summed E-state index contributed by atoms with van der Waals surface area (Å²) >= 11 is 0. The number of amides is 2. The summed E-state index contributed by atoms with van der Waals surface area (Å²) in [5.41, 5.74) is 1.79. The summed E-state index contributed by atoms with van der Waals surface area (Å²) in [5.74, 6) is 1.36. The molecule has 0 spiro atoms. The Morgan fingerprint density at radius 2 is 1.96 bits per heavy atom. The van der Waals surface area contributed by atoms with Crippen molar-refractivity contribution in [3.8, 4) is 5.82 Å². The summed E-state index contributed by atoms with van der Waals surface area (Å²) in [4.78, 5) is 23.0. The van der Waals surface area contributed by atoms with Crippen LogP contribution < -0.4 is 5.32 Å². The van der Waals surface area contributed by atoms with Crippen molar-refractivity contribution in [2.45, 2.75) is 33.4 Å². The van der Waals surface area contributed by atoms with Crippen molar-refractivity contribution in [1.29, 1.82) is 0 Å². The van der Waals surface area contributed by atoms with E-state index in [0.29, 0.717) is 13.1 Å². The normalized spacial score (nSPS) is 11.9. The van der Waals surface area contributed by atoms with Crippen LogP contribution in [0.5, 0.6) is 0 Å². The van der Waals surface area contributed by atoms with Crippen LogP contribution in [-0.4, -0.2) is 32.0 Å². The molecule has 7 heteroatoms. The molecule has 2 heterocycles. The molecular weight excluding hydrogens is 357 g/mol. The van der Waals surface area contributed by atoms with Crippen LogP contribution in [0.3, 0.4) is 0 Å². The number of pyridine rings is 1. The highest BCUT2D eigenvalue weighted by atomic mass is 19.1. The lowest BCUT2D eigenvalue weighted by Gasteiger charge is -2.28. The Bertz CT molecular complexity index is 921. The van der Waals surface area contributed by atoms with Crippen molar-refractivity contribution >= 4 is 6.03 Å². The fourth-order valence-corrected chi connectivity index (χ4v) is 3.08. The standard InChI is InChI=1S/C21H24FN5O/c1-4-26(15(2)18-6-8-19(22)9-7-18)21(28)25-14-17-5-10-20(24-13-17)27-12-11-23-16(27)3/h5-13,15H,4,14H2,1-3H3,(H,25,28). The van der Waals surface area contributed by atoms with E-state index < -0.39 is 0 Å². The van der Waals surface area contributed by atoms with E-state index in [1.54, 1.807) is 29.4 Å². The van der Waals surface area contributed by atoms with Gasteiger partial charge in [0.2, 0.25) is 0 Å². The lowest BCUT2D eigenvalue weighted by atomic mass is 10.1. The first-order valence-electron chi connectivity index (χ1n) is 9.24. The maximum atomic E-state index is 13.1. The fraction of sp³-hybridized carbons (Fsp3) is 0.286. The highest BCUT2D eigenvalue weighted by Gasteiger charge is 2.19. The molecule has 0 aliphatic carbocycles. The van der Waals surface area contributed by atoms with Crippen LogP contribution in [-0.2, 0) is 6.54 Å². The molecule has 1 N–H and O–H groups in total. The Balaban J connectivity index is 1.62. The zero-order valence-corrected chi connectivity index (χ0v) is 16.3. The van der Waals surface area contributed by atoms with Crippen LogP contribution in [0.4, 0.5) is 9.18 Å². The number of carbonyl (C=O) groups excluding carboxylic acids is 1. The molecule has 0 saturated carbocycles. The van der Waals surface area contributed by atoms with E-state index in [-0.39, 0.29) is 17.9 Å². The van der Waals surface area contributed by atoms with Crippen LogP contribution in [0, 0.1) is 12.7 Å². The summed E-state index contributed by atoms with van der Waals surface area (Å²) in [6.45, 7) is 6.68. The van der Waals surface area contributed by atoms with Crippen LogP contribution in [0.15, 0.2) is 55.0 Å². The Labute approximate surface area is 164 Å². The molecular formula is C21H24FN5O. The van der Waals surface area contributed by atoms with Gasteiger partial charge in [-0.15, -0.1) is 0 Å². The molecule has 0 aliphatic rings. The minimum absolute atomic E-state index is 0.157. The zero-order valence-electron chi connectivity index (χ0n) is 16.3. The monoisotopic (exact) mass is 381 g/mol. The second-order valence-corrected chi connectivity index (χ2v) is 6.54. The first-order valence-corrected chi connectivity index (χ1v) is 9.24. The maximum absolute atomic E-state index is 13.1. The van der Waals surface area contributed by atoms with Gasteiger partial charge in [-0.1, -0.05) is 18.2 Å². The topological polar surface area (TPSA) is 63.1 Å². The van der Waals surface area contributed by atoms with Crippen molar-refractivity contribution in [1.82, 2.24) is 24.8 Å². The van der Waals surface area contributed by atoms with Crippen LogP contribution in [0.25, 0.3) is 5.82 Å². The number of halogens is 1. The van der Waals surface area contributed by atoms with Gasteiger partial charge in [-0.05, 0) is 50.1 Å². The number of urea groups is 1. The Kier molecular flexibility index (Phi) is 6.03. The SMILES string of the molecule is CCN(C(=O)NCc1ccc(-n2ccnc2C)nc1)C(C)c1ccc(F)cc1. The Hall–Kier alpha value is -3.22. The molecule has 1 atom stereocenters. The second-order valence-electron chi connectivity index (χ2n) is 6.54. The Morgan fingerprint density at radius 1 is 1.21 bits per heavy atom. The van der Waals surface area contributed by atoms with Gasteiger partial charge in [0.1, 0.15) is 17.5 Å². The van der Waals surface area contributed by atoms with E-state index in [0.717, 1.165) is 22.8 Å². The second kappa shape index (κ2) is 8.65. The van der Waals surface area contributed by atoms with Crippen molar-refractivity contribution in [3.05, 3.63) is 77.8 Å². The number of benzene rings is 1. The molecule has 0 aliphatic heterocycles. The average molecular weight is 381 g/mol. The van der Waals surface area contributed by atoms with Crippen molar-refractivity contribution in [2.24, 2.45) is 0 Å². The number of rotatable bonds is 6.